The van der Waals surface area contributed by atoms with Crippen LogP contribution in [0.1, 0.15) is 17.9 Å². The van der Waals surface area contributed by atoms with Crippen LogP contribution in [0.5, 0.6) is 0 Å². The molecular formula is C22H27N3O. The van der Waals surface area contributed by atoms with E-state index in [1.807, 2.05) is 24.3 Å². The third-order valence-electron chi connectivity index (χ3n) is 5.55. The lowest BCUT2D eigenvalue weighted by Crippen LogP contribution is -2.50. The van der Waals surface area contributed by atoms with Crippen molar-refractivity contribution in [1.82, 2.24) is 9.80 Å². The average molecular weight is 349 g/mol. The van der Waals surface area contributed by atoms with Crippen molar-refractivity contribution in [3.8, 4) is 0 Å². The van der Waals surface area contributed by atoms with Crippen LogP contribution in [0, 0.1) is 5.92 Å². The molecule has 1 N–H and O–H groups in total. The van der Waals surface area contributed by atoms with Crippen molar-refractivity contribution in [3.05, 3.63) is 66.2 Å². The molecule has 2 aliphatic rings. The highest BCUT2D eigenvalue weighted by Gasteiger charge is 2.45. The van der Waals surface area contributed by atoms with Gasteiger partial charge in [0.1, 0.15) is 0 Å². The Morgan fingerprint density at radius 1 is 0.923 bits per heavy atom. The Morgan fingerprint density at radius 3 is 2.27 bits per heavy atom. The Bertz CT molecular complexity index is 711. The van der Waals surface area contributed by atoms with Gasteiger partial charge in [0, 0.05) is 50.9 Å². The van der Waals surface area contributed by atoms with E-state index in [0.717, 1.165) is 45.7 Å². The summed E-state index contributed by atoms with van der Waals surface area (Å²) in [6.07, 6.45) is 1.02. The number of hydrogen-bond acceptors (Lipinski definition) is 3. The summed E-state index contributed by atoms with van der Waals surface area (Å²) in [6, 6.07) is 20.8. The van der Waals surface area contributed by atoms with E-state index in [1.165, 1.54) is 11.3 Å². The predicted molar refractivity (Wildman–Crippen MR) is 105 cm³/mol. The molecule has 0 radical (unpaired) electrons. The Labute approximate surface area is 155 Å². The molecule has 1 aliphatic heterocycles. The number of amides is 1. The summed E-state index contributed by atoms with van der Waals surface area (Å²) in [4.78, 5) is 17.3. The standard InChI is InChI=1S/C22H27N3O/c26-22(21-17-20(21)18-7-3-1-4-8-18)25-15-13-24(14-16-25)12-11-23-19-9-5-2-6-10-19/h1-10,20-21,23H,11-17H2/t20-,21+/m0/s1. The molecule has 0 spiro atoms. The van der Waals surface area contributed by atoms with Gasteiger partial charge in [-0.05, 0) is 30.0 Å². The molecule has 2 fully saturated rings. The first-order valence-electron chi connectivity index (χ1n) is 9.66. The summed E-state index contributed by atoms with van der Waals surface area (Å²) in [7, 11) is 0. The number of nitrogens with zero attached hydrogens (tertiary/aromatic N) is 2. The summed E-state index contributed by atoms with van der Waals surface area (Å²) in [5, 5.41) is 3.46. The normalized spacial score (nSPS) is 22.8. The highest BCUT2D eigenvalue weighted by molar-refractivity contribution is 5.83. The SMILES string of the molecule is O=C([C@@H]1C[C@H]1c1ccccc1)N1CCN(CCNc2ccccc2)CC1. The van der Waals surface area contributed by atoms with Crippen LogP contribution in [0.15, 0.2) is 60.7 Å². The number of para-hydroxylation sites is 1. The molecule has 26 heavy (non-hydrogen) atoms. The number of nitrogens with one attached hydrogen (secondary N) is 1. The summed E-state index contributed by atoms with van der Waals surface area (Å²) >= 11 is 0. The van der Waals surface area contributed by atoms with E-state index < -0.39 is 0 Å². The Balaban J connectivity index is 1.19. The van der Waals surface area contributed by atoms with Crippen LogP contribution < -0.4 is 5.32 Å². The molecule has 2 atom stereocenters. The van der Waals surface area contributed by atoms with Gasteiger partial charge in [-0.25, -0.2) is 0 Å². The zero-order valence-electron chi connectivity index (χ0n) is 15.2. The second kappa shape index (κ2) is 7.92. The van der Waals surface area contributed by atoms with Crippen molar-refractivity contribution in [1.29, 1.82) is 0 Å². The molecule has 1 saturated heterocycles. The van der Waals surface area contributed by atoms with Gasteiger partial charge in [-0.2, -0.15) is 0 Å². The minimum atomic E-state index is 0.212. The fourth-order valence-corrected chi connectivity index (χ4v) is 3.88. The number of carbonyl (C=O) groups excluding carboxylic acids is 1. The first kappa shape index (κ1) is 17.1. The molecule has 136 valence electrons. The highest BCUT2D eigenvalue weighted by atomic mass is 16.2. The first-order valence-corrected chi connectivity index (χ1v) is 9.66. The number of piperazine rings is 1. The molecule has 4 rings (SSSR count). The lowest BCUT2D eigenvalue weighted by molar-refractivity contribution is -0.134. The van der Waals surface area contributed by atoms with Crippen molar-refractivity contribution < 1.29 is 4.79 Å². The van der Waals surface area contributed by atoms with Crippen molar-refractivity contribution in [2.75, 3.05) is 44.6 Å². The van der Waals surface area contributed by atoms with Crippen molar-refractivity contribution >= 4 is 11.6 Å². The number of carbonyl (C=O) groups is 1. The lowest BCUT2D eigenvalue weighted by atomic mass is 10.1. The predicted octanol–water partition coefficient (Wildman–Crippen LogP) is 3.05. The van der Waals surface area contributed by atoms with Crippen molar-refractivity contribution in [2.24, 2.45) is 5.92 Å². The molecular weight excluding hydrogens is 322 g/mol. The maximum atomic E-state index is 12.7. The van der Waals surface area contributed by atoms with Gasteiger partial charge in [0.15, 0.2) is 0 Å². The summed E-state index contributed by atoms with van der Waals surface area (Å²) in [5.74, 6) is 1.02. The molecule has 4 heteroatoms. The maximum absolute atomic E-state index is 12.7. The van der Waals surface area contributed by atoms with E-state index >= 15 is 0 Å². The van der Waals surface area contributed by atoms with Crippen LogP contribution in [-0.2, 0) is 4.79 Å². The largest absolute Gasteiger partial charge is 0.384 e. The van der Waals surface area contributed by atoms with Crippen LogP contribution in [0.3, 0.4) is 0 Å². The second-order valence-electron chi connectivity index (χ2n) is 7.32. The zero-order valence-corrected chi connectivity index (χ0v) is 15.2. The molecule has 0 unspecified atom stereocenters. The molecule has 2 aromatic rings. The van der Waals surface area contributed by atoms with E-state index in [4.69, 9.17) is 0 Å². The quantitative estimate of drug-likeness (QED) is 0.871. The monoisotopic (exact) mass is 349 g/mol. The molecule has 1 saturated carbocycles. The van der Waals surface area contributed by atoms with Crippen molar-refractivity contribution in [2.45, 2.75) is 12.3 Å². The Morgan fingerprint density at radius 2 is 1.58 bits per heavy atom. The van der Waals surface area contributed by atoms with E-state index in [-0.39, 0.29) is 5.92 Å². The molecule has 1 aliphatic carbocycles. The summed E-state index contributed by atoms with van der Waals surface area (Å²) in [6.45, 7) is 5.64. The van der Waals surface area contributed by atoms with Gasteiger partial charge in [-0.15, -0.1) is 0 Å². The van der Waals surface area contributed by atoms with Gasteiger partial charge >= 0.3 is 0 Å². The van der Waals surface area contributed by atoms with Crippen LogP contribution in [0.2, 0.25) is 0 Å². The van der Waals surface area contributed by atoms with Gasteiger partial charge in [0.25, 0.3) is 0 Å². The summed E-state index contributed by atoms with van der Waals surface area (Å²) < 4.78 is 0. The van der Waals surface area contributed by atoms with Gasteiger partial charge < -0.3 is 10.2 Å². The molecule has 0 aromatic heterocycles. The maximum Gasteiger partial charge on any atom is 0.226 e. The zero-order chi connectivity index (χ0) is 17.8. The topological polar surface area (TPSA) is 35.6 Å². The molecule has 1 heterocycles. The highest BCUT2D eigenvalue weighted by Crippen LogP contribution is 2.48. The fraction of sp³-hybridized carbons (Fsp3) is 0.409. The van der Waals surface area contributed by atoms with E-state index in [2.05, 4.69) is 51.5 Å². The van der Waals surface area contributed by atoms with Crippen LogP contribution in [0.25, 0.3) is 0 Å². The molecule has 4 nitrogen and oxygen atoms in total. The first-order chi connectivity index (χ1) is 12.8. The number of benzene rings is 2. The molecule has 2 aromatic carbocycles. The smallest absolute Gasteiger partial charge is 0.226 e. The van der Waals surface area contributed by atoms with Crippen LogP contribution in [0.4, 0.5) is 5.69 Å². The van der Waals surface area contributed by atoms with Crippen LogP contribution >= 0.6 is 0 Å². The van der Waals surface area contributed by atoms with Gasteiger partial charge in [-0.3, -0.25) is 9.69 Å². The Kier molecular flexibility index (Phi) is 5.21. The lowest BCUT2D eigenvalue weighted by Gasteiger charge is -2.35. The third-order valence-corrected chi connectivity index (χ3v) is 5.55. The summed E-state index contributed by atoms with van der Waals surface area (Å²) in [5.41, 5.74) is 2.48. The van der Waals surface area contributed by atoms with Crippen molar-refractivity contribution in [3.63, 3.8) is 0 Å². The van der Waals surface area contributed by atoms with E-state index in [0.29, 0.717) is 11.8 Å². The molecule has 0 bridgehead atoms. The van der Waals surface area contributed by atoms with E-state index in [9.17, 15) is 4.79 Å². The van der Waals surface area contributed by atoms with Gasteiger partial charge in [-0.1, -0.05) is 48.5 Å². The second-order valence-corrected chi connectivity index (χ2v) is 7.32. The van der Waals surface area contributed by atoms with Gasteiger partial charge in [0.05, 0.1) is 0 Å². The minimum absolute atomic E-state index is 0.212. The van der Waals surface area contributed by atoms with E-state index in [1.54, 1.807) is 0 Å². The number of anilines is 1. The van der Waals surface area contributed by atoms with Gasteiger partial charge in [0.2, 0.25) is 5.91 Å². The Hall–Kier alpha value is -2.33. The number of rotatable bonds is 6. The fourth-order valence-electron chi connectivity index (χ4n) is 3.88. The number of hydrogen-bond donors (Lipinski definition) is 1. The third kappa shape index (κ3) is 4.07. The molecule has 1 amide bonds. The van der Waals surface area contributed by atoms with Crippen LogP contribution in [-0.4, -0.2) is 55.0 Å². The average Bonchev–Trinajstić information content (AvgIpc) is 3.50. The minimum Gasteiger partial charge on any atom is -0.384 e.